The predicted octanol–water partition coefficient (Wildman–Crippen LogP) is 2.73. The monoisotopic (exact) mass is 449 g/mol. The summed E-state index contributed by atoms with van der Waals surface area (Å²) in [4.78, 5) is 44.3. The summed E-state index contributed by atoms with van der Waals surface area (Å²) < 4.78 is 5.44. The van der Waals surface area contributed by atoms with Crippen LogP contribution in [0.4, 0.5) is 0 Å². The van der Waals surface area contributed by atoms with Gasteiger partial charge >= 0.3 is 0 Å². The Bertz CT molecular complexity index is 1020. The van der Waals surface area contributed by atoms with E-state index in [0.29, 0.717) is 30.9 Å². The smallest absolute Gasteiger partial charge is 0.261 e. The van der Waals surface area contributed by atoms with Gasteiger partial charge in [0, 0.05) is 45.2 Å². The fourth-order valence-corrected chi connectivity index (χ4v) is 4.48. The fourth-order valence-electron chi connectivity index (χ4n) is 4.48. The summed E-state index contributed by atoms with van der Waals surface area (Å²) in [6, 6.07) is 15.1. The van der Waals surface area contributed by atoms with E-state index in [-0.39, 0.29) is 36.7 Å². The van der Waals surface area contributed by atoms with Crippen molar-refractivity contribution in [3.63, 3.8) is 0 Å². The van der Waals surface area contributed by atoms with Gasteiger partial charge in [0.25, 0.3) is 11.8 Å². The molecule has 174 valence electrons. The van der Waals surface area contributed by atoms with Gasteiger partial charge < -0.3 is 9.64 Å². The minimum absolute atomic E-state index is 0.0133. The number of nitrogens with zero attached hydrogens (tertiary/aromatic N) is 3. The molecule has 3 amide bonds. The maximum Gasteiger partial charge on any atom is 0.261 e. The highest BCUT2D eigenvalue weighted by molar-refractivity contribution is 6.21. The SMILES string of the molecule is Cc1ccc2c(c1)C(=O)N(CCC(=O)N(Cc1ccccc1)C(C)CN1CCOCC1)C2=O. The Morgan fingerprint density at radius 1 is 1.03 bits per heavy atom. The molecule has 0 aliphatic carbocycles. The highest BCUT2D eigenvalue weighted by atomic mass is 16.5. The average molecular weight is 450 g/mol. The zero-order valence-corrected chi connectivity index (χ0v) is 19.3. The lowest BCUT2D eigenvalue weighted by atomic mass is 10.1. The third-order valence-electron chi connectivity index (χ3n) is 6.35. The predicted molar refractivity (Wildman–Crippen MR) is 125 cm³/mol. The van der Waals surface area contributed by atoms with E-state index >= 15 is 0 Å². The number of ether oxygens (including phenoxy) is 1. The van der Waals surface area contributed by atoms with Gasteiger partial charge in [0.05, 0.1) is 24.3 Å². The topological polar surface area (TPSA) is 70.2 Å². The maximum atomic E-state index is 13.4. The quantitative estimate of drug-likeness (QED) is 0.580. The molecule has 33 heavy (non-hydrogen) atoms. The van der Waals surface area contributed by atoms with Crippen LogP contribution in [0.3, 0.4) is 0 Å². The first kappa shape index (κ1) is 23.1. The molecule has 2 aromatic carbocycles. The van der Waals surface area contributed by atoms with Crippen molar-refractivity contribution in [2.75, 3.05) is 39.4 Å². The molecule has 1 fully saturated rings. The largest absolute Gasteiger partial charge is 0.379 e. The molecule has 4 rings (SSSR count). The summed E-state index contributed by atoms with van der Waals surface area (Å²) in [5.74, 6) is -0.700. The molecule has 0 N–H and O–H groups in total. The second kappa shape index (κ2) is 10.3. The second-order valence-electron chi connectivity index (χ2n) is 8.83. The minimum Gasteiger partial charge on any atom is -0.379 e. The molecule has 2 heterocycles. The Morgan fingerprint density at radius 2 is 1.73 bits per heavy atom. The minimum atomic E-state index is -0.321. The molecule has 2 aromatic rings. The van der Waals surface area contributed by atoms with Gasteiger partial charge in [-0.1, -0.05) is 42.0 Å². The third kappa shape index (κ3) is 5.31. The number of rotatable bonds is 8. The molecule has 2 aliphatic rings. The lowest BCUT2D eigenvalue weighted by Gasteiger charge is -2.35. The first-order valence-corrected chi connectivity index (χ1v) is 11.5. The molecule has 0 saturated carbocycles. The van der Waals surface area contributed by atoms with Gasteiger partial charge in [-0.3, -0.25) is 24.2 Å². The van der Waals surface area contributed by atoms with Gasteiger partial charge in [0.15, 0.2) is 0 Å². The summed E-state index contributed by atoms with van der Waals surface area (Å²) >= 11 is 0. The molecule has 0 radical (unpaired) electrons. The van der Waals surface area contributed by atoms with Crippen molar-refractivity contribution in [2.45, 2.75) is 32.9 Å². The molecular weight excluding hydrogens is 418 g/mol. The van der Waals surface area contributed by atoms with Crippen LogP contribution in [0.15, 0.2) is 48.5 Å². The molecule has 1 atom stereocenters. The summed E-state index contributed by atoms with van der Waals surface area (Å²) in [6.07, 6.45) is 0.102. The van der Waals surface area contributed by atoms with Crippen LogP contribution >= 0.6 is 0 Å². The zero-order valence-electron chi connectivity index (χ0n) is 19.3. The van der Waals surface area contributed by atoms with Crippen LogP contribution in [-0.2, 0) is 16.1 Å². The van der Waals surface area contributed by atoms with Crippen molar-refractivity contribution in [2.24, 2.45) is 0 Å². The molecule has 7 heteroatoms. The van der Waals surface area contributed by atoms with Crippen molar-refractivity contribution >= 4 is 17.7 Å². The van der Waals surface area contributed by atoms with Gasteiger partial charge in [0.1, 0.15) is 0 Å². The molecule has 0 aromatic heterocycles. The van der Waals surface area contributed by atoms with Gasteiger partial charge in [-0.15, -0.1) is 0 Å². The molecule has 2 aliphatic heterocycles. The van der Waals surface area contributed by atoms with Crippen LogP contribution in [0.2, 0.25) is 0 Å². The average Bonchev–Trinajstić information content (AvgIpc) is 3.06. The van der Waals surface area contributed by atoms with Crippen LogP contribution < -0.4 is 0 Å². The first-order chi connectivity index (χ1) is 15.9. The van der Waals surface area contributed by atoms with Crippen LogP contribution in [0.5, 0.6) is 0 Å². The van der Waals surface area contributed by atoms with Crippen LogP contribution in [0.1, 0.15) is 45.2 Å². The molecule has 1 saturated heterocycles. The van der Waals surface area contributed by atoms with Crippen molar-refractivity contribution in [1.29, 1.82) is 0 Å². The van der Waals surface area contributed by atoms with Gasteiger partial charge in [-0.2, -0.15) is 0 Å². The third-order valence-corrected chi connectivity index (χ3v) is 6.35. The van der Waals surface area contributed by atoms with E-state index in [0.717, 1.165) is 30.8 Å². The molecular formula is C26H31N3O4. The van der Waals surface area contributed by atoms with Gasteiger partial charge in [-0.05, 0) is 31.5 Å². The van der Waals surface area contributed by atoms with E-state index in [9.17, 15) is 14.4 Å². The Hall–Kier alpha value is -3.03. The maximum absolute atomic E-state index is 13.4. The molecule has 1 unspecified atom stereocenters. The number of morpholine rings is 1. The molecule has 0 spiro atoms. The number of amides is 3. The summed E-state index contributed by atoms with van der Waals surface area (Å²) in [7, 11) is 0. The number of imide groups is 1. The number of carbonyl (C=O) groups is 3. The number of carbonyl (C=O) groups excluding carboxylic acids is 3. The number of aryl methyl sites for hydroxylation is 1. The van der Waals surface area contributed by atoms with Crippen LogP contribution in [0, 0.1) is 6.92 Å². The van der Waals surface area contributed by atoms with Crippen molar-refractivity contribution < 1.29 is 19.1 Å². The summed E-state index contributed by atoms with van der Waals surface area (Å²) in [5, 5.41) is 0. The van der Waals surface area contributed by atoms with E-state index < -0.39 is 0 Å². The van der Waals surface area contributed by atoms with Crippen LogP contribution in [0.25, 0.3) is 0 Å². The summed E-state index contributed by atoms with van der Waals surface area (Å²) in [5.41, 5.74) is 2.82. The van der Waals surface area contributed by atoms with E-state index in [2.05, 4.69) is 11.8 Å². The lowest BCUT2D eigenvalue weighted by Crippen LogP contribution is -2.48. The van der Waals surface area contributed by atoms with E-state index in [1.54, 1.807) is 12.1 Å². The Morgan fingerprint density at radius 3 is 2.45 bits per heavy atom. The molecule has 7 nitrogen and oxygen atoms in total. The standard InChI is InChI=1S/C26H31N3O4/c1-19-8-9-22-23(16-19)26(32)28(25(22)31)11-10-24(30)29(18-21-6-4-3-5-7-21)20(2)17-27-12-14-33-15-13-27/h3-9,16,20H,10-15,17-18H2,1-2H3. The Balaban J connectivity index is 1.44. The lowest BCUT2D eigenvalue weighted by molar-refractivity contribution is -0.134. The van der Waals surface area contributed by atoms with E-state index in [1.165, 1.54) is 4.90 Å². The number of benzene rings is 2. The van der Waals surface area contributed by atoms with Crippen molar-refractivity contribution in [3.8, 4) is 0 Å². The van der Waals surface area contributed by atoms with Gasteiger partial charge in [0.2, 0.25) is 5.91 Å². The first-order valence-electron chi connectivity index (χ1n) is 11.5. The fraction of sp³-hybridized carbons (Fsp3) is 0.423. The van der Waals surface area contributed by atoms with E-state index in [1.807, 2.05) is 48.2 Å². The molecule has 0 bridgehead atoms. The normalized spacial score (nSPS) is 17.2. The number of hydrogen-bond acceptors (Lipinski definition) is 5. The Kier molecular flexibility index (Phi) is 7.20. The zero-order chi connectivity index (χ0) is 23.4. The highest BCUT2D eigenvalue weighted by Gasteiger charge is 2.36. The Labute approximate surface area is 194 Å². The van der Waals surface area contributed by atoms with E-state index in [4.69, 9.17) is 4.74 Å². The van der Waals surface area contributed by atoms with Crippen molar-refractivity contribution in [1.82, 2.24) is 14.7 Å². The number of hydrogen-bond donors (Lipinski definition) is 0. The van der Waals surface area contributed by atoms with Crippen molar-refractivity contribution in [3.05, 3.63) is 70.8 Å². The van der Waals surface area contributed by atoms with Gasteiger partial charge in [-0.25, -0.2) is 0 Å². The highest BCUT2D eigenvalue weighted by Crippen LogP contribution is 2.24. The summed E-state index contributed by atoms with van der Waals surface area (Å²) in [6.45, 7) is 8.40. The van der Waals surface area contributed by atoms with Crippen LogP contribution in [-0.4, -0.2) is 77.9 Å². The number of fused-ring (bicyclic) bond motifs is 1. The second-order valence-corrected chi connectivity index (χ2v) is 8.83.